The highest BCUT2D eigenvalue weighted by molar-refractivity contribution is 5.72. The Morgan fingerprint density at radius 3 is 2.58 bits per heavy atom. The van der Waals surface area contributed by atoms with E-state index in [1.165, 1.54) is 12.1 Å². The number of hydrogen-bond donors (Lipinski definition) is 1. The molecule has 1 atom stereocenters. The van der Waals surface area contributed by atoms with E-state index < -0.39 is 23.8 Å². The molecule has 0 heterocycles. The first-order chi connectivity index (χ1) is 11.4. The van der Waals surface area contributed by atoms with E-state index in [4.69, 9.17) is 9.47 Å². The van der Waals surface area contributed by atoms with E-state index in [-0.39, 0.29) is 24.9 Å². The Hall–Kier alpha value is -1.60. The molecule has 2 rings (SSSR count). The van der Waals surface area contributed by atoms with Crippen LogP contribution in [0.2, 0.25) is 0 Å². The Kier molecular flexibility index (Phi) is 6.62. The van der Waals surface area contributed by atoms with Crippen molar-refractivity contribution in [3.63, 3.8) is 0 Å². The first-order valence-corrected chi connectivity index (χ1v) is 7.98. The van der Waals surface area contributed by atoms with Crippen LogP contribution in [0.15, 0.2) is 24.3 Å². The second kappa shape index (κ2) is 8.48. The van der Waals surface area contributed by atoms with Crippen molar-refractivity contribution in [2.75, 3.05) is 6.61 Å². The molecule has 0 spiro atoms. The van der Waals surface area contributed by atoms with Crippen molar-refractivity contribution in [1.82, 2.24) is 0 Å². The minimum Gasteiger partial charge on any atom is -0.479 e. The smallest absolute Gasteiger partial charge is 0.416 e. The summed E-state index contributed by atoms with van der Waals surface area (Å²) < 4.78 is 48.8. The van der Waals surface area contributed by atoms with Crippen LogP contribution in [0.1, 0.15) is 43.2 Å². The van der Waals surface area contributed by atoms with Crippen LogP contribution in [-0.4, -0.2) is 29.9 Å². The zero-order chi connectivity index (χ0) is 17.6. The quantitative estimate of drug-likeness (QED) is 0.810. The van der Waals surface area contributed by atoms with Gasteiger partial charge in [-0.25, -0.2) is 4.79 Å². The van der Waals surface area contributed by atoms with Gasteiger partial charge in [-0.2, -0.15) is 13.2 Å². The predicted molar refractivity (Wildman–Crippen MR) is 80.5 cm³/mol. The van der Waals surface area contributed by atoms with Crippen LogP contribution in [0.25, 0.3) is 0 Å². The second-order valence-electron chi connectivity index (χ2n) is 5.93. The summed E-state index contributed by atoms with van der Waals surface area (Å²) in [5.74, 6) is -1.18. The third kappa shape index (κ3) is 5.79. The van der Waals surface area contributed by atoms with Crippen LogP contribution in [-0.2, 0) is 27.1 Å². The molecule has 0 bridgehead atoms. The Labute approximate surface area is 138 Å². The van der Waals surface area contributed by atoms with E-state index in [1.54, 1.807) is 0 Å². The lowest BCUT2D eigenvalue weighted by Crippen LogP contribution is -2.32. The molecule has 0 amide bonds. The molecule has 4 nitrogen and oxygen atoms in total. The molecule has 0 saturated heterocycles. The third-order valence-corrected chi connectivity index (χ3v) is 4.02. The van der Waals surface area contributed by atoms with Gasteiger partial charge in [-0.1, -0.05) is 31.4 Å². The summed E-state index contributed by atoms with van der Waals surface area (Å²) in [6, 6.07) is 4.66. The van der Waals surface area contributed by atoms with Crippen molar-refractivity contribution in [1.29, 1.82) is 0 Å². The molecule has 1 aliphatic rings. The first kappa shape index (κ1) is 18.7. The fourth-order valence-electron chi connectivity index (χ4n) is 2.68. The summed E-state index contributed by atoms with van der Waals surface area (Å²) in [4.78, 5) is 11.2. The van der Waals surface area contributed by atoms with Gasteiger partial charge >= 0.3 is 12.1 Å². The molecule has 1 aromatic rings. The highest BCUT2D eigenvalue weighted by atomic mass is 19.4. The Morgan fingerprint density at radius 2 is 1.96 bits per heavy atom. The second-order valence-corrected chi connectivity index (χ2v) is 5.93. The molecule has 0 radical (unpaired) electrons. The van der Waals surface area contributed by atoms with Crippen LogP contribution in [0.5, 0.6) is 0 Å². The van der Waals surface area contributed by atoms with Crippen LogP contribution < -0.4 is 0 Å². The highest BCUT2D eigenvalue weighted by Crippen LogP contribution is 2.29. The summed E-state index contributed by atoms with van der Waals surface area (Å²) in [5, 5.41) is 9.18. The molecule has 1 aliphatic carbocycles. The van der Waals surface area contributed by atoms with Gasteiger partial charge < -0.3 is 14.6 Å². The van der Waals surface area contributed by atoms with Gasteiger partial charge in [0.05, 0.1) is 24.9 Å². The van der Waals surface area contributed by atoms with Gasteiger partial charge in [0.2, 0.25) is 0 Å². The maximum atomic E-state index is 12.7. The number of rotatable bonds is 7. The zero-order valence-corrected chi connectivity index (χ0v) is 13.2. The summed E-state index contributed by atoms with van der Waals surface area (Å²) in [5.41, 5.74) is -0.511. The van der Waals surface area contributed by atoms with Crippen LogP contribution in [0.3, 0.4) is 0 Å². The van der Waals surface area contributed by atoms with E-state index in [1.807, 2.05) is 0 Å². The van der Waals surface area contributed by atoms with Gasteiger partial charge in [-0.15, -0.1) is 0 Å². The van der Waals surface area contributed by atoms with Crippen molar-refractivity contribution in [3.8, 4) is 0 Å². The number of aliphatic carboxylic acids is 1. The topological polar surface area (TPSA) is 55.8 Å². The molecule has 1 N–H and O–H groups in total. The van der Waals surface area contributed by atoms with E-state index in [9.17, 15) is 23.1 Å². The highest BCUT2D eigenvalue weighted by Gasteiger charge is 2.30. The first-order valence-electron chi connectivity index (χ1n) is 7.98. The standard InChI is InChI=1S/C17H21F3O4/c18-17(19,20)13-6-4-5-12(9-13)10-24-15(16(21)22)11-23-14-7-2-1-3-8-14/h4-6,9,14-15H,1-3,7-8,10-11H2,(H,21,22). The maximum Gasteiger partial charge on any atom is 0.416 e. The lowest BCUT2D eigenvalue weighted by Gasteiger charge is -2.24. The van der Waals surface area contributed by atoms with Gasteiger partial charge in [0, 0.05) is 0 Å². The molecule has 1 saturated carbocycles. The Bertz CT molecular complexity index is 539. The van der Waals surface area contributed by atoms with Crippen molar-refractivity contribution < 1.29 is 32.5 Å². The van der Waals surface area contributed by atoms with E-state index >= 15 is 0 Å². The number of alkyl halides is 3. The van der Waals surface area contributed by atoms with Crippen LogP contribution in [0, 0.1) is 0 Å². The molecule has 1 aromatic carbocycles. The van der Waals surface area contributed by atoms with Gasteiger partial charge in [-0.3, -0.25) is 0 Å². The number of hydrogen-bond acceptors (Lipinski definition) is 3. The molecule has 0 aliphatic heterocycles. The molecular weight excluding hydrogens is 325 g/mol. The number of carboxylic acid groups (broad SMARTS) is 1. The monoisotopic (exact) mass is 346 g/mol. The minimum atomic E-state index is -4.44. The average molecular weight is 346 g/mol. The number of benzene rings is 1. The van der Waals surface area contributed by atoms with Gasteiger partial charge in [0.15, 0.2) is 6.10 Å². The minimum absolute atomic E-state index is 0.0396. The summed E-state index contributed by atoms with van der Waals surface area (Å²) in [6.07, 6.45) is -0.499. The molecule has 134 valence electrons. The summed E-state index contributed by atoms with van der Waals surface area (Å²) in [6.45, 7) is -0.312. The molecule has 1 fully saturated rings. The Balaban J connectivity index is 1.88. The zero-order valence-electron chi connectivity index (χ0n) is 13.2. The molecule has 7 heteroatoms. The number of ether oxygens (including phenoxy) is 2. The van der Waals surface area contributed by atoms with Gasteiger partial charge in [0.1, 0.15) is 0 Å². The molecule has 0 aromatic heterocycles. The largest absolute Gasteiger partial charge is 0.479 e. The van der Waals surface area contributed by atoms with Gasteiger partial charge in [0.25, 0.3) is 0 Å². The lowest BCUT2D eigenvalue weighted by molar-refractivity contribution is -0.158. The molecule has 24 heavy (non-hydrogen) atoms. The van der Waals surface area contributed by atoms with E-state index in [0.717, 1.165) is 44.2 Å². The summed E-state index contributed by atoms with van der Waals surface area (Å²) >= 11 is 0. The maximum absolute atomic E-state index is 12.7. The molecular formula is C17H21F3O4. The van der Waals surface area contributed by atoms with Crippen molar-refractivity contribution >= 4 is 5.97 Å². The fourth-order valence-corrected chi connectivity index (χ4v) is 2.68. The van der Waals surface area contributed by atoms with Crippen LogP contribution >= 0.6 is 0 Å². The van der Waals surface area contributed by atoms with Crippen molar-refractivity contribution in [2.24, 2.45) is 0 Å². The lowest BCUT2D eigenvalue weighted by atomic mass is 9.98. The summed E-state index contributed by atoms with van der Waals surface area (Å²) in [7, 11) is 0. The average Bonchev–Trinajstić information content (AvgIpc) is 2.55. The number of carbonyl (C=O) groups is 1. The fraction of sp³-hybridized carbons (Fsp3) is 0.588. The van der Waals surface area contributed by atoms with E-state index in [0.29, 0.717) is 0 Å². The third-order valence-electron chi connectivity index (χ3n) is 4.02. The number of halogens is 3. The molecule has 1 unspecified atom stereocenters. The van der Waals surface area contributed by atoms with Gasteiger partial charge in [-0.05, 0) is 30.5 Å². The SMILES string of the molecule is O=C(O)C(COC1CCCCC1)OCc1cccc(C(F)(F)F)c1. The van der Waals surface area contributed by atoms with E-state index in [2.05, 4.69) is 0 Å². The normalized spacial score (nSPS) is 17.6. The Morgan fingerprint density at radius 1 is 1.25 bits per heavy atom. The van der Waals surface area contributed by atoms with Crippen LogP contribution in [0.4, 0.5) is 13.2 Å². The van der Waals surface area contributed by atoms with Crippen molar-refractivity contribution in [2.45, 2.75) is 57.1 Å². The number of carboxylic acids is 1. The van der Waals surface area contributed by atoms with Crippen molar-refractivity contribution in [3.05, 3.63) is 35.4 Å². The predicted octanol–water partition coefficient (Wildman–Crippen LogP) is 4.02.